The lowest BCUT2D eigenvalue weighted by Gasteiger charge is -2.27. The molecule has 0 fully saturated rings. The van der Waals surface area contributed by atoms with Crippen molar-refractivity contribution in [3.8, 4) is 0 Å². The first-order valence-corrected chi connectivity index (χ1v) is 10.5. The molecular weight excluding hydrogens is 604 g/mol. The Morgan fingerprint density at radius 1 is 0.293 bits per heavy atom. The van der Waals surface area contributed by atoms with Gasteiger partial charge in [-0.3, -0.25) is 0 Å². The van der Waals surface area contributed by atoms with Gasteiger partial charge < -0.3 is 0 Å². The highest BCUT2D eigenvalue weighted by Crippen LogP contribution is 2.58. The second-order valence-electron chi connectivity index (χ2n) is 8.74. The van der Waals surface area contributed by atoms with Gasteiger partial charge in [-0.25, -0.2) is 70.2 Å². The summed E-state index contributed by atoms with van der Waals surface area (Å²) < 4.78 is 237. The molecule has 1 unspecified atom stereocenters. The molecule has 41 heavy (non-hydrogen) atoms. The van der Waals surface area contributed by atoms with E-state index in [-0.39, 0.29) is 0 Å². The van der Waals surface area contributed by atoms with Crippen LogP contribution in [0.25, 0.3) is 38.1 Å². The zero-order valence-electron chi connectivity index (χ0n) is 18.5. The van der Waals surface area contributed by atoms with E-state index >= 15 is 26.3 Å². The maximum absolute atomic E-state index is 16.5. The molecule has 5 aromatic rings. The number of hydrogen-bond donors (Lipinski definition) is 0. The average Bonchev–Trinajstić information content (AvgIpc) is 3.13. The van der Waals surface area contributed by atoms with Crippen LogP contribution in [0.2, 0.25) is 0 Å². The van der Waals surface area contributed by atoms with Crippen LogP contribution in [0.15, 0.2) is 5.83 Å². The van der Waals surface area contributed by atoms with E-state index in [0.717, 1.165) is 0 Å². The summed E-state index contributed by atoms with van der Waals surface area (Å²) in [5, 5.41) is -12.3. The van der Waals surface area contributed by atoms with E-state index in [4.69, 9.17) is 0 Å². The lowest BCUT2D eigenvalue weighted by Crippen LogP contribution is -2.27. The molecule has 0 bridgehead atoms. The highest BCUT2D eigenvalue weighted by molar-refractivity contribution is 6.25. The van der Waals surface area contributed by atoms with Crippen LogP contribution in [0.4, 0.5) is 70.2 Å². The summed E-state index contributed by atoms with van der Waals surface area (Å²) in [4.78, 5) is 0. The molecule has 0 heterocycles. The van der Waals surface area contributed by atoms with Gasteiger partial charge in [0.05, 0.1) is 32.8 Å². The summed E-state index contributed by atoms with van der Waals surface area (Å²) in [6.45, 7) is 0. The van der Waals surface area contributed by atoms with E-state index in [1.54, 1.807) is 0 Å². The third kappa shape index (κ3) is 2.75. The van der Waals surface area contributed by atoms with Crippen LogP contribution in [0.1, 0.15) is 16.7 Å². The lowest BCUT2D eigenvalue weighted by atomic mass is 9.81. The van der Waals surface area contributed by atoms with Crippen LogP contribution in [0, 0.1) is 75.6 Å². The van der Waals surface area contributed by atoms with Gasteiger partial charge in [0.25, 0.3) is 0 Å². The van der Waals surface area contributed by atoms with Gasteiger partial charge in [-0.05, 0) is 0 Å². The first-order chi connectivity index (χ1) is 19.0. The number of halogens is 16. The van der Waals surface area contributed by atoms with Crippen molar-refractivity contribution < 1.29 is 70.2 Å². The van der Waals surface area contributed by atoms with Gasteiger partial charge in [-0.15, -0.1) is 0 Å². The molecule has 0 radical (unpaired) electrons. The van der Waals surface area contributed by atoms with Crippen LogP contribution in [0.5, 0.6) is 0 Å². The Labute approximate surface area is 213 Å². The Morgan fingerprint density at radius 2 is 0.610 bits per heavy atom. The summed E-state index contributed by atoms with van der Waals surface area (Å²) in [5.41, 5.74) is -13.0. The minimum atomic E-state index is -5.25. The molecule has 16 heteroatoms. The highest BCUT2D eigenvalue weighted by Gasteiger charge is 2.57. The third-order valence-electron chi connectivity index (χ3n) is 6.89. The highest BCUT2D eigenvalue weighted by atomic mass is 19.2. The zero-order valence-corrected chi connectivity index (χ0v) is 18.5. The van der Waals surface area contributed by atoms with Crippen molar-refractivity contribution in [3.63, 3.8) is 0 Å². The fraction of sp³-hybridized carbons (Fsp3) is 0.0400. The molecule has 0 saturated carbocycles. The van der Waals surface area contributed by atoms with E-state index in [9.17, 15) is 43.9 Å². The van der Waals surface area contributed by atoms with Gasteiger partial charge in [0.1, 0.15) is 0 Å². The Bertz CT molecular complexity index is 2090. The van der Waals surface area contributed by atoms with E-state index in [1.807, 2.05) is 0 Å². The van der Waals surface area contributed by atoms with Crippen LogP contribution in [-0.2, 0) is 5.67 Å². The van der Waals surface area contributed by atoms with E-state index < -0.39 is 142 Å². The van der Waals surface area contributed by atoms with E-state index in [2.05, 4.69) is 0 Å². The smallest absolute Gasteiger partial charge is 0.222 e. The Kier molecular flexibility index (Phi) is 5.22. The number of allylic oxidation sites excluding steroid dienone is 1. The lowest BCUT2D eigenvalue weighted by molar-refractivity contribution is 0.216. The van der Waals surface area contributed by atoms with Crippen molar-refractivity contribution in [3.05, 3.63) is 98.1 Å². The summed E-state index contributed by atoms with van der Waals surface area (Å²) in [5.74, 6) is -42.6. The number of fused-ring (bicyclic) bond motifs is 1. The summed E-state index contributed by atoms with van der Waals surface area (Å²) >= 11 is 0. The maximum atomic E-state index is 16.5. The first kappa shape index (κ1) is 27.0. The molecule has 0 spiro atoms. The summed E-state index contributed by atoms with van der Waals surface area (Å²) in [6.07, 6.45) is 0. The Balaban J connectivity index is 2.00. The molecule has 1 aliphatic rings. The number of benzene rings is 5. The molecule has 6 rings (SSSR count). The first-order valence-electron chi connectivity index (χ1n) is 10.5. The van der Waals surface area contributed by atoms with Gasteiger partial charge in [-0.1, -0.05) is 0 Å². The summed E-state index contributed by atoms with van der Waals surface area (Å²) in [6, 6.07) is 0. The maximum Gasteiger partial charge on any atom is 0.222 e. The molecule has 0 amide bonds. The van der Waals surface area contributed by atoms with Gasteiger partial charge in [-0.2, -0.15) is 0 Å². The van der Waals surface area contributed by atoms with Crippen molar-refractivity contribution in [2.45, 2.75) is 5.67 Å². The van der Waals surface area contributed by atoms with Gasteiger partial charge in [0, 0.05) is 16.2 Å². The predicted octanol–water partition coefficient (Wildman–Crippen LogP) is 9.23. The van der Waals surface area contributed by atoms with Crippen LogP contribution < -0.4 is 0 Å². The van der Waals surface area contributed by atoms with Crippen molar-refractivity contribution >= 4 is 38.1 Å². The molecule has 212 valence electrons. The number of alkyl halides is 1. The topological polar surface area (TPSA) is 0 Å². The third-order valence-corrected chi connectivity index (χ3v) is 6.89. The molecule has 1 aliphatic carbocycles. The molecule has 1 atom stereocenters. The largest absolute Gasteiger partial charge is 0.225 e. The van der Waals surface area contributed by atoms with Gasteiger partial charge in [0.15, 0.2) is 87.3 Å². The predicted molar refractivity (Wildman–Crippen MR) is 107 cm³/mol. The molecule has 0 N–H and O–H groups in total. The quantitative estimate of drug-likeness (QED) is 0.0775. The molecule has 0 saturated heterocycles. The number of rotatable bonds is 1. The molecule has 5 aromatic carbocycles. The van der Waals surface area contributed by atoms with Crippen LogP contribution in [0.3, 0.4) is 0 Å². The Hall–Kier alpha value is -4.24. The van der Waals surface area contributed by atoms with Gasteiger partial charge >= 0.3 is 0 Å². The second kappa shape index (κ2) is 7.94. The molecule has 0 aliphatic heterocycles. The van der Waals surface area contributed by atoms with Crippen molar-refractivity contribution in [1.29, 1.82) is 0 Å². The van der Waals surface area contributed by atoms with Crippen LogP contribution in [-0.4, -0.2) is 0 Å². The van der Waals surface area contributed by atoms with Crippen molar-refractivity contribution in [2.75, 3.05) is 0 Å². The second-order valence-corrected chi connectivity index (χ2v) is 8.74. The number of hydrogen-bond acceptors (Lipinski definition) is 0. The molecule has 0 aromatic heterocycles. The van der Waals surface area contributed by atoms with Crippen molar-refractivity contribution in [1.82, 2.24) is 0 Å². The standard InChI is InChI=1S/C25F16/c26-10-3-1-2-5(11(10)27)15(31)21(37)16(32)6(2)13(29)12(28)4(1)14(30)19(35)8(3)25(41)9-7(18(34)24(25)40)17(33)22(38)23(39)20(9)36. The van der Waals surface area contributed by atoms with E-state index in [0.29, 0.717) is 0 Å². The normalized spacial score (nSPS) is 17.3. The zero-order chi connectivity index (χ0) is 30.4. The fourth-order valence-electron chi connectivity index (χ4n) is 5.22. The average molecular weight is 604 g/mol. The SMILES string of the molecule is FC1=C(F)C(F)(c2c(F)c(F)c3c(F)c(F)c4c(F)c(F)c(F)c5c(F)c(F)c2c3c45)c2c(F)c(F)c(F)c(F)c21. The molecule has 0 nitrogen and oxygen atoms in total. The van der Waals surface area contributed by atoms with Gasteiger partial charge in [0.2, 0.25) is 5.67 Å². The fourth-order valence-corrected chi connectivity index (χ4v) is 5.22. The minimum absolute atomic E-state index is 1.81. The van der Waals surface area contributed by atoms with E-state index in [1.165, 1.54) is 0 Å². The van der Waals surface area contributed by atoms with Crippen LogP contribution >= 0.6 is 0 Å². The minimum Gasteiger partial charge on any atom is -0.225 e. The Morgan fingerprint density at radius 3 is 1.10 bits per heavy atom. The van der Waals surface area contributed by atoms with Crippen molar-refractivity contribution in [2.24, 2.45) is 0 Å². The molecular formula is C25F16. The summed E-state index contributed by atoms with van der Waals surface area (Å²) in [7, 11) is 0. The monoisotopic (exact) mass is 604 g/mol.